The Bertz CT molecular complexity index is 508. The second-order valence-corrected chi connectivity index (χ2v) is 5.48. The van der Waals surface area contributed by atoms with E-state index in [0.29, 0.717) is 19.8 Å². The van der Waals surface area contributed by atoms with E-state index in [2.05, 4.69) is 10.0 Å². The van der Waals surface area contributed by atoms with Crippen LogP contribution in [0.1, 0.15) is 33.1 Å². The normalized spacial score (nSPS) is 12.6. The van der Waals surface area contributed by atoms with Crippen molar-refractivity contribution in [3.8, 4) is 0 Å². The molecule has 0 aliphatic rings. The summed E-state index contributed by atoms with van der Waals surface area (Å²) in [5.41, 5.74) is 8.08. The van der Waals surface area contributed by atoms with Crippen molar-refractivity contribution in [2.24, 2.45) is 5.11 Å². The average Bonchev–Trinajstić information content (AvgIpc) is 2.61. The topological polar surface area (TPSA) is 157 Å². The van der Waals surface area contributed by atoms with Crippen LogP contribution in [0.3, 0.4) is 0 Å². The third kappa shape index (κ3) is 14.6. The van der Waals surface area contributed by atoms with Crippen molar-refractivity contribution in [3.63, 3.8) is 0 Å². The summed E-state index contributed by atoms with van der Waals surface area (Å²) in [5, 5.41) is 12.6. The van der Waals surface area contributed by atoms with Crippen molar-refractivity contribution in [2.75, 3.05) is 39.6 Å². The van der Waals surface area contributed by atoms with Gasteiger partial charge in [0.25, 0.3) is 0 Å². The number of esters is 2. The number of rotatable bonds is 16. The highest BCUT2D eigenvalue weighted by atomic mass is 16.6. The molecule has 0 bridgehead atoms. The number of hydrogen-bond acceptors (Lipinski definition) is 9. The highest BCUT2D eigenvalue weighted by Crippen LogP contribution is 2.13. The van der Waals surface area contributed by atoms with Gasteiger partial charge in [0, 0.05) is 38.1 Å². The molecule has 11 nitrogen and oxygen atoms in total. The Kier molecular flexibility index (Phi) is 14.7. The van der Waals surface area contributed by atoms with E-state index in [1.54, 1.807) is 0 Å². The van der Waals surface area contributed by atoms with Crippen LogP contribution < -0.4 is 0 Å². The van der Waals surface area contributed by atoms with E-state index in [4.69, 9.17) is 24.5 Å². The van der Waals surface area contributed by atoms with Crippen molar-refractivity contribution in [1.29, 1.82) is 0 Å². The lowest BCUT2D eigenvalue weighted by atomic mass is 10.0. The molecule has 0 saturated heterocycles. The Hall–Kier alpha value is -2.20. The fourth-order valence-corrected chi connectivity index (χ4v) is 2.06. The zero-order chi connectivity index (χ0) is 20.5. The molecule has 2 atom stereocenters. The van der Waals surface area contributed by atoms with Gasteiger partial charge in [0.15, 0.2) is 6.10 Å². The molecule has 0 aromatic heterocycles. The third-order valence-electron chi connectivity index (χ3n) is 3.23. The Balaban J connectivity index is 4.06. The van der Waals surface area contributed by atoms with Gasteiger partial charge in [0.2, 0.25) is 0 Å². The predicted molar refractivity (Wildman–Crippen MR) is 92.7 cm³/mol. The number of azide groups is 1. The molecule has 0 amide bonds. The number of hydrogen-bond donors (Lipinski definition) is 1. The van der Waals surface area contributed by atoms with Gasteiger partial charge in [-0.1, -0.05) is 5.11 Å². The molecular formula is C16H27N3O8. The minimum Gasteiger partial charge on any atom is -0.458 e. The van der Waals surface area contributed by atoms with Gasteiger partial charge in [-0.05, 0) is 12.0 Å². The quantitative estimate of drug-likeness (QED) is 0.134. The first kappa shape index (κ1) is 24.8. The summed E-state index contributed by atoms with van der Waals surface area (Å²) in [6, 6.07) is 0. The Morgan fingerprint density at radius 1 is 0.963 bits per heavy atom. The van der Waals surface area contributed by atoms with Crippen LogP contribution in [0.25, 0.3) is 10.4 Å². The largest absolute Gasteiger partial charge is 0.458 e. The van der Waals surface area contributed by atoms with Crippen LogP contribution >= 0.6 is 0 Å². The zero-order valence-electron chi connectivity index (χ0n) is 15.7. The van der Waals surface area contributed by atoms with Gasteiger partial charge < -0.3 is 24.1 Å². The molecule has 0 aromatic carbocycles. The van der Waals surface area contributed by atoms with Gasteiger partial charge >= 0.3 is 11.9 Å². The molecule has 0 radical (unpaired) electrons. The number of ketones is 1. The van der Waals surface area contributed by atoms with Crippen LogP contribution in [-0.2, 0) is 33.3 Å². The molecule has 0 unspecified atom stereocenters. The predicted octanol–water partition coefficient (Wildman–Crippen LogP) is 0.925. The number of carbonyl (C=O) groups is 3. The van der Waals surface area contributed by atoms with Gasteiger partial charge in [-0.3, -0.25) is 14.4 Å². The first-order valence-corrected chi connectivity index (χ1v) is 8.54. The molecule has 0 heterocycles. The smallest absolute Gasteiger partial charge is 0.303 e. The summed E-state index contributed by atoms with van der Waals surface area (Å²) in [5.74, 6) is -1.33. The van der Waals surface area contributed by atoms with Gasteiger partial charge in [-0.15, -0.1) is 0 Å². The maximum absolute atomic E-state index is 11.9. The summed E-state index contributed by atoms with van der Waals surface area (Å²) < 4.78 is 20.4. The second kappa shape index (κ2) is 16.0. The number of nitrogens with zero attached hydrogens (tertiary/aromatic N) is 3. The standard InChI is InChI=1S/C16H27N3O8/c1-12(21)26-15(16(11-20)27-13(2)22)4-3-14(23)5-7-24-9-10-25-8-6-18-19-17/h15-16,20H,3-11H2,1-2H3/t15-,16-/m1/s1. The highest BCUT2D eigenvalue weighted by Gasteiger charge is 2.27. The van der Waals surface area contributed by atoms with Gasteiger partial charge in [-0.25, -0.2) is 0 Å². The average molecular weight is 389 g/mol. The number of aliphatic hydroxyl groups excluding tert-OH is 1. The first-order chi connectivity index (χ1) is 12.9. The summed E-state index contributed by atoms with van der Waals surface area (Å²) in [4.78, 5) is 36.7. The van der Waals surface area contributed by atoms with Crippen molar-refractivity contribution >= 4 is 17.7 Å². The number of carbonyl (C=O) groups excluding carboxylic acids is 3. The van der Waals surface area contributed by atoms with E-state index in [-0.39, 0.29) is 38.2 Å². The monoisotopic (exact) mass is 389 g/mol. The Morgan fingerprint density at radius 2 is 1.56 bits per heavy atom. The van der Waals surface area contributed by atoms with Crippen LogP contribution in [0.4, 0.5) is 0 Å². The van der Waals surface area contributed by atoms with Gasteiger partial charge in [-0.2, -0.15) is 0 Å². The molecule has 0 aliphatic carbocycles. The first-order valence-electron chi connectivity index (χ1n) is 8.54. The maximum atomic E-state index is 11.9. The molecule has 0 rings (SSSR count). The van der Waals surface area contributed by atoms with E-state index in [1.807, 2.05) is 0 Å². The SMILES string of the molecule is CC(=O)O[C@H](CO)[C@@H](CCC(=O)CCOCCOCCN=[N+]=[N-])OC(C)=O. The fraction of sp³-hybridized carbons (Fsp3) is 0.812. The summed E-state index contributed by atoms with van der Waals surface area (Å²) in [6.07, 6.45) is -1.53. The van der Waals surface area contributed by atoms with E-state index >= 15 is 0 Å². The van der Waals surface area contributed by atoms with E-state index < -0.39 is 30.8 Å². The minimum absolute atomic E-state index is 0.0851. The lowest BCUT2D eigenvalue weighted by Crippen LogP contribution is -2.37. The molecule has 154 valence electrons. The van der Waals surface area contributed by atoms with E-state index in [1.165, 1.54) is 13.8 Å². The van der Waals surface area contributed by atoms with Crippen molar-refractivity contribution in [2.45, 2.75) is 45.3 Å². The van der Waals surface area contributed by atoms with E-state index in [0.717, 1.165) is 0 Å². The summed E-state index contributed by atoms with van der Waals surface area (Å²) in [6.45, 7) is 3.25. The fourth-order valence-electron chi connectivity index (χ4n) is 2.06. The molecule has 0 aliphatic heterocycles. The lowest BCUT2D eigenvalue weighted by molar-refractivity contribution is -0.169. The number of aliphatic hydroxyl groups is 1. The van der Waals surface area contributed by atoms with Crippen molar-refractivity contribution in [3.05, 3.63) is 10.4 Å². The Labute approximate surface area is 157 Å². The lowest BCUT2D eigenvalue weighted by Gasteiger charge is -2.24. The zero-order valence-corrected chi connectivity index (χ0v) is 15.7. The summed E-state index contributed by atoms with van der Waals surface area (Å²) >= 11 is 0. The molecule has 0 spiro atoms. The second-order valence-electron chi connectivity index (χ2n) is 5.48. The Morgan fingerprint density at radius 3 is 2.11 bits per heavy atom. The van der Waals surface area contributed by atoms with Crippen molar-refractivity contribution in [1.82, 2.24) is 0 Å². The molecule has 0 aromatic rings. The molecule has 0 fully saturated rings. The van der Waals surface area contributed by atoms with Crippen LogP contribution in [0.2, 0.25) is 0 Å². The molecule has 27 heavy (non-hydrogen) atoms. The van der Waals surface area contributed by atoms with Crippen LogP contribution in [0.15, 0.2) is 5.11 Å². The minimum atomic E-state index is -1.02. The molecule has 1 N–H and O–H groups in total. The van der Waals surface area contributed by atoms with Gasteiger partial charge in [0.05, 0.1) is 33.0 Å². The summed E-state index contributed by atoms with van der Waals surface area (Å²) in [7, 11) is 0. The molecule has 11 heteroatoms. The van der Waals surface area contributed by atoms with Crippen LogP contribution in [-0.4, -0.2) is 74.6 Å². The van der Waals surface area contributed by atoms with Crippen LogP contribution in [0.5, 0.6) is 0 Å². The van der Waals surface area contributed by atoms with Crippen LogP contribution in [0, 0.1) is 0 Å². The molecule has 0 saturated carbocycles. The van der Waals surface area contributed by atoms with Crippen molar-refractivity contribution < 1.29 is 38.4 Å². The number of Topliss-reactive ketones (excluding diaryl/α,β-unsaturated/α-hetero) is 1. The maximum Gasteiger partial charge on any atom is 0.303 e. The third-order valence-corrected chi connectivity index (χ3v) is 3.23. The highest BCUT2D eigenvalue weighted by molar-refractivity contribution is 5.78. The van der Waals surface area contributed by atoms with Gasteiger partial charge in [0.1, 0.15) is 11.9 Å². The number of ether oxygens (including phenoxy) is 4. The van der Waals surface area contributed by atoms with E-state index in [9.17, 15) is 19.5 Å². The molecular weight excluding hydrogens is 362 g/mol.